The lowest BCUT2D eigenvalue weighted by atomic mass is 10.1. The highest BCUT2D eigenvalue weighted by atomic mass is 16.5. The molecule has 0 aromatic carbocycles. The predicted octanol–water partition coefficient (Wildman–Crippen LogP) is 1.88. The number of oxazole rings is 1. The number of carbonyl (C=O) groups excluding carboxylic acids is 1. The first kappa shape index (κ1) is 15.5. The molecule has 1 atom stereocenters. The number of nitrogens with zero attached hydrogens (tertiary/aromatic N) is 2. The van der Waals surface area contributed by atoms with Gasteiger partial charge in [0.05, 0.1) is 19.3 Å². The molecule has 1 aromatic heterocycles. The van der Waals surface area contributed by atoms with Crippen LogP contribution in [0.2, 0.25) is 0 Å². The number of carbonyl (C=O) groups is 1. The quantitative estimate of drug-likeness (QED) is 0.831. The van der Waals surface area contributed by atoms with Gasteiger partial charge in [-0.25, -0.2) is 4.98 Å². The lowest BCUT2D eigenvalue weighted by Crippen LogP contribution is -2.38. The van der Waals surface area contributed by atoms with Crippen molar-refractivity contribution >= 4 is 5.91 Å². The van der Waals surface area contributed by atoms with Gasteiger partial charge in [-0.15, -0.1) is 0 Å². The minimum atomic E-state index is 0.0118. The molecule has 6 heteroatoms. The smallest absolute Gasteiger partial charge is 0.248 e. The Labute approximate surface area is 130 Å². The molecule has 0 bridgehead atoms. The lowest BCUT2D eigenvalue weighted by molar-refractivity contribution is -0.138. The molecule has 122 valence electrons. The Kier molecular flexibility index (Phi) is 4.78. The van der Waals surface area contributed by atoms with Crippen molar-refractivity contribution < 1.29 is 18.7 Å². The van der Waals surface area contributed by atoms with E-state index in [4.69, 9.17) is 13.9 Å². The summed E-state index contributed by atoms with van der Waals surface area (Å²) >= 11 is 0. The van der Waals surface area contributed by atoms with Crippen molar-refractivity contribution in [1.29, 1.82) is 0 Å². The second-order valence-electron chi connectivity index (χ2n) is 6.29. The minimum absolute atomic E-state index is 0.0118. The standard InChI is InChI=1S/C16H24N2O4/c1-11(2)16-17-13-8-18(6-5-14(13)22-16)15(19)10-20-9-12-4-3-7-21-12/h11-12H,3-10H2,1-2H3. The Balaban J connectivity index is 1.49. The summed E-state index contributed by atoms with van der Waals surface area (Å²) in [5, 5.41) is 0. The molecule has 1 aromatic rings. The zero-order chi connectivity index (χ0) is 15.5. The second-order valence-corrected chi connectivity index (χ2v) is 6.29. The van der Waals surface area contributed by atoms with Gasteiger partial charge in [0.15, 0.2) is 5.89 Å². The van der Waals surface area contributed by atoms with Gasteiger partial charge in [0.2, 0.25) is 5.91 Å². The zero-order valence-corrected chi connectivity index (χ0v) is 13.3. The SMILES string of the molecule is CC(C)c1nc2c(o1)CCN(C(=O)COCC1CCCO1)C2. The van der Waals surface area contributed by atoms with Gasteiger partial charge >= 0.3 is 0 Å². The summed E-state index contributed by atoms with van der Waals surface area (Å²) in [6.45, 7) is 6.73. The first-order valence-electron chi connectivity index (χ1n) is 8.09. The molecule has 6 nitrogen and oxygen atoms in total. The fourth-order valence-electron chi connectivity index (χ4n) is 2.82. The zero-order valence-electron chi connectivity index (χ0n) is 13.3. The Morgan fingerprint density at radius 2 is 2.36 bits per heavy atom. The molecule has 3 rings (SSSR count). The van der Waals surface area contributed by atoms with Gasteiger partial charge < -0.3 is 18.8 Å². The van der Waals surface area contributed by atoms with Crippen LogP contribution in [0.25, 0.3) is 0 Å². The van der Waals surface area contributed by atoms with Crippen LogP contribution in [0.3, 0.4) is 0 Å². The molecule has 0 radical (unpaired) electrons. The van der Waals surface area contributed by atoms with Crippen molar-refractivity contribution in [2.45, 2.75) is 51.7 Å². The van der Waals surface area contributed by atoms with Crippen molar-refractivity contribution in [3.63, 3.8) is 0 Å². The van der Waals surface area contributed by atoms with Crippen LogP contribution in [0.1, 0.15) is 50.0 Å². The fraction of sp³-hybridized carbons (Fsp3) is 0.750. The molecular weight excluding hydrogens is 284 g/mol. The number of hydrogen-bond acceptors (Lipinski definition) is 5. The molecule has 0 saturated carbocycles. The molecule has 1 unspecified atom stereocenters. The number of aromatic nitrogens is 1. The topological polar surface area (TPSA) is 64.8 Å². The van der Waals surface area contributed by atoms with E-state index in [0.717, 1.165) is 43.2 Å². The average molecular weight is 308 g/mol. The number of fused-ring (bicyclic) bond motifs is 1. The molecular formula is C16H24N2O4. The summed E-state index contributed by atoms with van der Waals surface area (Å²) in [6.07, 6.45) is 3.00. The van der Waals surface area contributed by atoms with Gasteiger partial charge in [0, 0.05) is 25.5 Å². The largest absolute Gasteiger partial charge is 0.445 e. The maximum atomic E-state index is 12.2. The number of hydrogen-bond donors (Lipinski definition) is 0. The average Bonchev–Trinajstić information content (AvgIpc) is 3.15. The minimum Gasteiger partial charge on any atom is -0.445 e. The third-order valence-electron chi connectivity index (χ3n) is 4.14. The maximum Gasteiger partial charge on any atom is 0.248 e. The van der Waals surface area contributed by atoms with Crippen LogP contribution < -0.4 is 0 Å². The Bertz CT molecular complexity index is 520. The molecule has 22 heavy (non-hydrogen) atoms. The van der Waals surface area contributed by atoms with E-state index in [0.29, 0.717) is 19.7 Å². The van der Waals surface area contributed by atoms with E-state index in [2.05, 4.69) is 18.8 Å². The van der Waals surface area contributed by atoms with Gasteiger partial charge in [-0.2, -0.15) is 0 Å². The van der Waals surface area contributed by atoms with E-state index in [1.54, 1.807) is 4.90 Å². The van der Waals surface area contributed by atoms with Crippen molar-refractivity contribution in [2.24, 2.45) is 0 Å². The summed E-state index contributed by atoms with van der Waals surface area (Å²) < 4.78 is 16.7. The Morgan fingerprint density at radius 1 is 1.50 bits per heavy atom. The normalized spacial score (nSPS) is 21.4. The van der Waals surface area contributed by atoms with Crippen LogP contribution >= 0.6 is 0 Å². The molecule has 0 spiro atoms. The fourth-order valence-corrected chi connectivity index (χ4v) is 2.82. The molecule has 1 amide bonds. The summed E-state index contributed by atoms with van der Waals surface area (Å²) in [6, 6.07) is 0. The van der Waals surface area contributed by atoms with E-state index < -0.39 is 0 Å². The van der Waals surface area contributed by atoms with Crippen LogP contribution in [0.4, 0.5) is 0 Å². The third-order valence-corrected chi connectivity index (χ3v) is 4.14. The summed E-state index contributed by atoms with van der Waals surface area (Å²) in [5.74, 6) is 1.96. The van der Waals surface area contributed by atoms with E-state index in [1.807, 2.05) is 0 Å². The summed E-state index contributed by atoms with van der Waals surface area (Å²) in [5.41, 5.74) is 0.891. The highest BCUT2D eigenvalue weighted by Crippen LogP contribution is 2.23. The number of rotatable bonds is 5. The monoisotopic (exact) mass is 308 g/mol. The van der Waals surface area contributed by atoms with Crippen molar-refractivity contribution in [3.05, 3.63) is 17.3 Å². The summed E-state index contributed by atoms with van der Waals surface area (Å²) in [7, 11) is 0. The summed E-state index contributed by atoms with van der Waals surface area (Å²) in [4.78, 5) is 18.5. The van der Waals surface area contributed by atoms with Crippen LogP contribution in [-0.4, -0.2) is 48.3 Å². The van der Waals surface area contributed by atoms with Gasteiger partial charge in [0.25, 0.3) is 0 Å². The lowest BCUT2D eigenvalue weighted by Gasteiger charge is -2.25. The Hall–Kier alpha value is -1.40. The maximum absolute atomic E-state index is 12.2. The van der Waals surface area contributed by atoms with Gasteiger partial charge in [0.1, 0.15) is 18.1 Å². The van der Waals surface area contributed by atoms with E-state index in [-0.39, 0.29) is 24.5 Å². The highest BCUT2D eigenvalue weighted by Gasteiger charge is 2.26. The predicted molar refractivity (Wildman–Crippen MR) is 79.5 cm³/mol. The highest BCUT2D eigenvalue weighted by molar-refractivity contribution is 5.77. The molecule has 3 heterocycles. The van der Waals surface area contributed by atoms with E-state index in [1.165, 1.54) is 0 Å². The van der Waals surface area contributed by atoms with Crippen LogP contribution in [0.5, 0.6) is 0 Å². The third kappa shape index (κ3) is 3.50. The molecule has 2 aliphatic heterocycles. The first-order chi connectivity index (χ1) is 10.6. The molecule has 1 saturated heterocycles. The van der Waals surface area contributed by atoms with E-state index in [9.17, 15) is 4.79 Å². The van der Waals surface area contributed by atoms with E-state index >= 15 is 0 Å². The molecule has 0 N–H and O–H groups in total. The molecule has 2 aliphatic rings. The van der Waals surface area contributed by atoms with Crippen LogP contribution in [-0.2, 0) is 27.2 Å². The van der Waals surface area contributed by atoms with Crippen LogP contribution in [0.15, 0.2) is 4.42 Å². The molecule has 0 aliphatic carbocycles. The molecule has 1 fully saturated rings. The van der Waals surface area contributed by atoms with Gasteiger partial charge in [-0.3, -0.25) is 4.79 Å². The number of amides is 1. The Morgan fingerprint density at radius 3 is 3.09 bits per heavy atom. The van der Waals surface area contributed by atoms with Gasteiger partial charge in [-0.1, -0.05) is 13.8 Å². The van der Waals surface area contributed by atoms with Crippen molar-refractivity contribution in [3.8, 4) is 0 Å². The van der Waals surface area contributed by atoms with Crippen LogP contribution in [0, 0.1) is 0 Å². The second kappa shape index (κ2) is 6.79. The number of ether oxygens (including phenoxy) is 2. The first-order valence-corrected chi connectivity index (χ1v) is 8.09. The van der Waals surface area contributed by atoms with Crippen molar-refractivity contribution in [2.75, 3.05) is 26.4 Å². The van der Waals surface area contributed by atoms with Gasteiger partial charge in [-0.05, 0) is 12.8 Å². The van der Waals surface area contributed by atoms with Crippen molar-refractivity contribution in [1.82, 2.24) is 9.88 Å².